The Kier molecular flexibility index (Phi) is 4.29. The Morgan fingerprint density at radius 1 is 1.55 bits per heavy atom. The minimum Gasteiger partial charge on any atom is -0.272 e. The molecule has 0 aliphatic carbocycles. The minimum atomic E-state index is -1.59. The van der Waals surface area contributed by atoms with E-state index in [1.165, 1.54) is 0 Å². The van der Waals surface area contributed by atoms with Crippen LogP contribution in [0.4, 0.5) is 4.79 Å². The first-order valence-electron chi connectivity index (χ1n) is 2.88. The Morgan fingerprint density at radius 3 is 2.09 bits per heavy atom. The SMILES string of the molecule is CCN(C([O])=O)C(Cl)(Cl)CCl. The van der Waals surface area contributed by atoms with Crippen molar-refractivity contribution in [3.63, 3.8) is 0 Å². The summed E-state index contributed by atoms with van der Waals surface area (Å²) in [4.78, 5) is 11.1. The van der Waals surface area contributed by atoms with E-state index in [2.05, 4.69) is 0 Å². The highest BCUT2D eigenvalue weighted by atomic mass is 35.5. The second kappa shape index (κ2) is 4.24. The van der Waals surface area contributed by atoms with Gasteiger partial charge in [-0.15, -0.1) is 11.6 Å². The molecule has 0 fully saturated rings. The second-order valence-corrected chi connectivity index (χ2v) is 3.52. The average Bonchev–Trinajstić information content (AvgIpc) is 1.88. The van der Waals surface area contributed by atoms with Crippen LogP contribution in [0.3, 0.4) is 0 Å². The van der Waals surface area contributed by atoms with Crippen molar-refractivity contribution in [1.29, 1.82) is 0 Å². The van der Waals surface area contributed by atoms with E-state index in [-0.39, 0.29) is 12.4 Å². The molecule has 0 atom stereocenters. The Balaban J connectivity index is 4.36. The Labute approximate surface area is 79.8 Å². The lowest BCUT2D eigenvalue weighted by Crippen LogP contribution is -2.44. The van der Waals surface area contributed by atoms with Gasteiger partial charge in [-0.2, -0.15) is 0 Å². The van der Waals surface area contributed by atoms with Crippen LogP contribution in [-0.2, 0) is 5.11 Å². The summed E-state index contributed by atoms with van der Waals surface area (Å²) in [5.74, 6) is -0.196. The maximum Gasteiger partial charge on any atom is 0.455 e. The lowest BCUT2D eigenvalue weighted by Gasteiger charge is -2.27. The van der Waals surface area contributed by atoms with E-state index in [0.29, 0.717) is 0 Å². The molecule has 1 radical (unpaired) electrons. The molecule has 6 heteroatoms. The molecule has 0 aromatic carbocycles. The molecule has 0 N–H and O–H groups in total. The second-order valence-electron chi connectivity index (χ2n) is 1.81. The van der Waals surface area contributed by atoms with Crippen molar-refractivity contribution in [2.24, 2.45) is 0 Å². The van der Waals surface area contributed by atoms with Crippen LogP contribution in [0.1, 0.15) is 6.92 Å². The van der Waals surface area contributed by atoms with Crippen LogP contribution < -0.4 is 0 Å². The molecule has 65 valence electrons. The van der Waals surface area contributed by atoms with Gasteiger partial charge in [0, 0.05) is 6.54 Å². The number of halogens is 3. The average molecular weight is 219 g/mol. The molecular formula is C5H7Cl3NO2. The van der Waals surface area contributed by atoms with Gasteiger partial charge in [0.1, 0.15) is 0 Å². The summed E-state index contributed by atoms with van der Waals surface area (Å²) in [7, 11) is 0. The van der Waals surface area contributed by atoms with Gasteiger partial charge in [-0.05, 0) is 6.92 Å². The molecule has 3 nitrogen and oxygen atoms in total. The highest BCUT2D eigenvalue weighted by molar-refractivity contribution is 6.51. The molecule has 0 aliphatic rings. The van der Waals surface area contributed by atoms with Crippen molar-refractivity contribution in [3.8, 4) is 0 Å². The number of hydrogen-bond acceptors (Lipinski definition) is 1. The fraction of sp³-hybridized carbons (Fsp3) is 0.800. The van der Waals surface area contributed by atoms with Crippen LogP contribution in [0.2, 0.25) is 0 Å². The van der Waals surface area contributed by atoms with E-state index >= 15 is 0 Å². The maximum absolute atomic E-state index is 10.3. The number of nitrogens with zero attached hydrogens (tertiary/aromatic N) is 1. The van der Waals surface area contributed by atoms with E-state index in [0.717, 1.165) is 4.90 Å². The topological polar surface area (TPSA) is 40.2 Å². The molecule has 0 heterocycles. The van der Waals surface area contributed by atoms with Crippen molar-refractivity contribution in [3.05, 3.63) is 0 Å². The summed E-state index contributed by atoms with van der Waals surface area (Å²) in [6.07, 6.45) is -1.43. The molecule has 0 spiro atoms. The predicted molar refractivity (Wildman–Crippen MR) is 43.6 cm³/mol. The van der Waals surface area contributed by atoms with E-state index in [1.807, 2.05) is 0 Å². The fourth-order valence-corrected chi connectivity index (χ4v) is 1.09. The number of carbonyl (C=O) groups excluding carboxylic acids is 1. The third-order valence-corrected chi connectivity index (χ3v) is 2.43. The van der Waals surface area contributed by atoms with Gasteiger partial charge in [-0.1, -0.05) is 23.2 Å². The summed E-state index contributed by atoms with van der Waals surface area (Å²) in [5.41, 5.74) is 0. The highest BCUT2D eigenvalue weighted by Crippen LogP contribution is 2.27. The van der Waals surface area contributed by atoms with Crippen molar-refractivity contribution in [2.75, 3.05) is 12.4 Å². The third kappa shape index (κ3) is 2.93. The van der Waals surface area contributed by atoms with Gasteiger partial charge in [0.2, 0.25) is 4.46 Å². The minimum absolute atomic E-state index is 0.141. The largest absolute Gasteiger partial charge is 0.455 e. The summed E-state index contributed by atoms with van der Waals surface area (Å²) in [5, 5.41) is 10.3. The van der Waals surface area contributed by atoms with Gasteiger partial charge in [0.25, 0.3) is 0 Å². The van der Waals surface area contributed by atoms with Crippen LogP contribution >= 0.6 is 34.8 Å². The molecule has 0 saturated heterocycles. The Morgan fingerprint density at radius 2 is 2.00 bits per heavy atom. The van der Waals surface area contributed by atoms with Crippen LogP contribution in [0.5, 0.6) is 0 Å². The van der Waals surface area contributed by atoms with Crippen LogP contribution in [0.15, 0.2) is 0 Å². The van der Waals surface area contributed by atoms with E-state index < -0.39 is 10.6 Å². The smallest absolute Gasteiger partial charge is 0.272 e. The number of hydrogen-bond donors (Lipinski definition) is 0. The number of carbonyl (C=O) groups is 1. The van der Waals surface area contributed by atoms with Gasteiger partial charge in [0.15, 0.2) is 0 Å². The lowest BCUT2D eigenvalue weighted by molar-refractivity contribution is 0.113. The molecule has 0 aromatic heterocycles. The molecule has 0 rings (SSSR count). The van der Waals surface area contributed by atoms with Crippen molar-refractivity contribution < 1.29 is 9.90 Å². The summed E-state index contributed by atoms with van der Waals surface area (Å²) >= 11 is 16.4. The molecule has 0 unspecified atom stereocenters. The molecule has 0 aromatic rings. The monoisotopic (exact) mass is 218 g/mol. The predicted octanol–water partition coefficient (Wildman–Crippen LogP) is 2.23. The fourth-order valence-electron chi connectivity index (χ4n) is 0.566. The van der Waals surface area contributed by atoms with Crippen molar-refractivity contribution >= 4 is 40.9 Å². The van der Waals surface area contributed by atoms with Gasteiger partial charge < -0.3 is 0 Å². The maximum atomic E-state index is 10.3. The van der Waals surface area contributed by atoms with E-state index in [4.69, 9.17) is 34.8 Å². The molecule has 0 saturated carbocycles. The molecule has 0 aliphatic heterocycles. The third-order valence-electron chi connectivity index (χ3n) is 1.09. The van der Waals surface area contributed by atoms with Gasteiger partial charge in [-0.3, -0.25) is 4.90 Å². The van der Waals surface area contributed by atoms with E-state index in [1.54, 1.807) is 6.92 Å². The quantitative estimate of drug-likeness (QED) is 0.530. The number of amides is 1. The Bertz CT molecular complexity index is 151. The van der Waals surface area contributed by atoms with Crippen molar-refractivity contribution in [1.82, 2.24) is 4.90 Å². The lowest BCUT2D eigenvalue weighted by atomic mass is 10.5. The number of alkyl halides is 3. The number of rotatable bonds is 3. The zero-order chi connectivity index (χ0) is 9.07. The van der Waals surface area contributed by atoms with E-state index in [9.17, 15) is 9.90 Å². The molecule has 11 heavy (non-hydrogen) atoms. The standard InChI is InChI=1S/C5H7Cl3NO2/c1-2-9(4(10)11)5(7,8)3-6/h2-3H2,1H3. The summed E-state index contributed by atoms with van der Waals surface area (Å²) < 4.78 is -1.59. The Hall–Kier alpha value is 0.140. The van der Waals surface area contributed by atoms with Gasteiger partial charge >= 0.3 is 6.09 Å². The zero-order valence-electron chi connectivity index (χ0n) is 5.81. The first kappa shape index (κ1) is 11.1. The summed E-state index contributed by atoms with van der Waals surface area (Å²) in [6.45, 7) is 1.73. The molecule has 0 bridgehead atoms. The van der Waals surface area contributed by atoms with Crippen LogP contribution in [0, 0.1) is 0 Å². The first-order valence-corrected chi connectivity index (χ1v) is 4.17. The first-order chi connectivity index (χ1) is 4.95. The highest BCUT2D eigenvalue weighted by Gasteiger charge is 2.34. The molecule has 1 amide bonds. The zero-order valence-corrected chi connectivity index (χ0v) is 8.08. The summed E-state index contributed by atoms with van der Waals surface area (Å²) in [6, 6.07) is 0. The van der Waals surface area contributed by atoms with Gasteiger partial charge in [-0.25, -0.2) is 9.90 Å². The normalized spacial score (nSPS) is 11.3. The molecular weight excluding hydrogens is 212 g/mol. The van der Waals surface area contributed by atoms with Crippen LogP contribution in [0.25, 0.3) is 0 Å². The van der Waals surface area contributed by atoms with Gasteiger partial charge in [0.05, 0.1) is 5.88 Å². The van der Waals surface area contributed by atoms with Crippen LogP contribution in [-0.4, -0.2) is 27.9 Å². The van der Waals surface area contributed by atoms with Crippen molar-refractivity contribution in [2.45, 2.75) is 11.4 Å².